The second-order valence-corrected chi connectivity index (χ2v) is 12.0. The van der Waals surface area contributed by atoms with Crippen LogP contribution in [0.1, 0.15) is 57.8 Å². The first-order valence-electron chi connectivity index (χ1n) is 15.8. The molecule has 0 atom stereocenters. The molecule has 1 aliphatic rings. The van der Waals surface area contributed by atoms with Crippen LogP contribution in [-0.4, -0.2) is 35.7 Å². The molecule has 1 fully saturated rings. The van der Waals surface area contributed by atoms with Crippen molar-refractivity contribution in [1.82, 2.24) is 8.96 Å². The number of nitrogens with zero attached hydrogens (tertiary/aromatic N) is 2. The van der Waals surface area contributed by atoms with Crippen molar-refractivity contribution >= 4 is 33.6 Å². The quantitative estimate of drug-likeness (QED) is 0.306. The number of halogens is 1. The lowest BCUT2D eigenvalue weighted by atomic mass is 9.78. The minimum absolute atomic E-state index is 0. The van der Waals surface area contributed by atoms with Gasteiger partial charge in [-0.2, -0.15) is 0 Å². The number of fused-ring (bicyclic) bond motifs is 1. The van der Waals surface area contributed by atoms with Gasteiger partial charge in [0.25, 0.3) is 10.0 Å². The van der Waals surface area contributed by atoms with Crippen LogP contribution in [0, 0.1) is 12.7 Å². The van der Waals surface area contributed by atoms with E-state index in [1.165, 1.54) is 10.0 Å². The highest BCUT2D eigenvalue weighted by molar-refractivity contribution is 7.90. The Morgan fingerprint density at radius 1 is 1.03 bits per heavy atom. The van der Waals surface area contributed by atoms with Gasteiger partial charge in [0.15, 0.2) is 5.65 Å². The number of hydrogen-bond donors (Lipinski definition) is 0. The van der Waals surface area contributed by atoms with E-state index in [1.54, 1.807) is 60.8 Å². The maximum atomic E-state index is 14.6. The molecule has 4 aromatic rings. The number of pyridine rings is 1. The normalized spacial score (nSPS) is 18.0. The Balaban J connectivity index is 0.00000200. The predicted octanol–water partition coefficient (Wildman–Crippen LogP) is 5.84. The molecule has 2 aromatic carbocycles. The third-order valence-corrected chi connectivity index (χ3v) is 8.92. The van der Waals surface area contributed by atoms with E-state index in [0.29, 0.717) is 22.1 Å². The summed E-state index contributed by atoms with van der Waals surface area (Å²) in [5, 5.41) is 0.582. The third kappa shape index (κ3) is 4.05. The van der Waals surface area contributed by atoms with Crippen LogP contribution < -0.4 is 5.46 Å². The lowest BCUT2D eigenvalue weighted by molar-refractivity contribution is 0.00578. The summed E-state index contributed by atoms with van der Waals surface area (Å²) in [6.07, 6.45) is 1.62. The van der Waals surface area contributed by atoms with Crippen LogP contribution >= 0.6 is 0 Å². The van der Waals surface area contributed by atoms with Crippen LogP contribution in [0.5, 0.6) is 0 Å². The van der Waals surface area contributed by atoms with Crippen molar-refractivity contribution in [3.63, 3.8) is 0 Å². The molecule has 0 amide bonds. The predicted molar refractivity (Wildman–Crippen MR) is 149 cm³/mol. The Morgan fingerprint density at radius 3 is 2.31 bits per heavy atom. The number of rotatable bonds is 5. The molecule has 0 unspecified atom stereocenters. The van der Waals surface area contributed by atoms with Crippen LogP contribution in [-0.2, 0) is 25.8 Å². The molecule has 0 spiro atoms. The van der Waals surface area contributed by atoms with E-state index in [0.717, 1.165) is 5.56 Å². The summed E-state index contributed by atoms with van der Waals surface area (Å²) in [5.74, 6) is -0.402. The number of aryl methyl sites for hydroxylation is 1. The zero-order valence-electron chi connectivity index (χ0n) is 28.9. The molecule has 0 bridgehead atoms. The number of benzene rings is 2. The zero-order chi connectivity index (χ0) is 33.9. The van der Waals surface area contributed by atoms with E-state index in [1.807, 2.05) is 34.6 Å². The molecule has 3 heterocycles. The van der Waals surface area contributed by atoms with E-state index in [-0.39, 0.29) is 18.4 Å². The Hall–Kier alpha value is -3.01. The first-order valence-corrected chi connectivity index (χ1v) is 13.3. The van der Waals surface area contributed by atoms with Gasteiger partial charge in [-0.05, 0) is 76.0 Å². The van der Waals surface area contributed by atoms with Gasteiger partial charge in [0.2, 0.25) is 0 Å². The van der Waals surface area contributed by atoms with Crippen LogP contribution in [0.3, 0.4) is 0 Å². The Morgan fingerprint density at radius 2 is 1.67 bits per heavy atom. The van der Waals surface area contributed by atoms with E-state index in [4.69, 9.17) is 21.2 Å². The van der Waals surface area contributed by atoms with Gasteiger partial charge >= 0.3 is 7.12 Å². The van der Waals surface area contributed by atoms with Crippen LogP contribution in [0.2, 0.25) is 0 Å². The van der Waals surface area contributed by atoms with Gasteiger partial charge < -0.3 is 9.31 Å². The summed E-state index contributed by atoms with van der Waals surface area (Å²) in [7, 11) is -4.75. The average molecular weight is 526 g/mol. The molecule has 5 rings (SSSR count). The van der Waals surface area contributed by atoms with Crippen molar-refractivity contribution in [2.75, 3.05) is 0 Å². The summed E-state index contributed by atoms with van der Waals surface area (Å²) < 4.78 is 96.2. The second-order valence-electron chi connectivity index (χ2n) is 10.2. The Labute approximate surface area is 225 Å². The molecule has 0 radical (unpaired) electrons. The van der Waals surface area contributed by atoms with E-state index < -0.39 is 34.2 Å². The highest BCUT2D eigenvalue weighted by Gasteiger charge is 2.52. The fourth-order valence-corrected chi connectivity index (χ4v) is 5.86. The van der Waals surface area contributed by atoms with Gasteiger partial charge in [-0.15, -0.1) is 0 Å². The lowest BCUT2D eigenvalue weighted by Gasteiger charge is -2.32. The van der Waals surface area contributed by atoms with Crippen LogP contribution in [0.4, 0.5) is 4.39 Å². The summed E-state index contributed by atoms with van der Waals surface area (Å²) in [6.45, 7) is 9.73. The minimum Gasteiger partial charge on any atom is -0.399 e. The molecule has 6 nitrogen and oxygen atoms in total. The van der Waals surface area contributed by atoms with Gasteiger partial charge in [-0.1, -0.05) is 35.9 Å². The van der Waals surface area contributed by atoms with Gasteiger partial charge in [-0.3, -0.25) is 0 Å². The monoisotopic (exact) mass is 525 g/mol. The first-order chi connectivity index (χ1) is 20.9. The highest BCUT2D eigenvalue weighted by atomic mass is 32.2. The van der Waals surface area contributed by atoms with Gasteiger partial charge in [-0.25, -0.2) is 21.8 Å². The van der Waals surface area contributed by atoms with Crippen LogP contribution in [0.15, 0.2) is 71.8 Å². The molecule has 0 aliphatic carbocycles. The molecular weight excluding hydrogens is 478 g/mol. The molecular formula is C27H38BFN2O4S. The van der Waals surface area contributed by atoms with Crippen molar-refractivity contribution in [1.29, 1.82) is 0 Å². The van der Waals surface area contributed by atoms with Gasteiger partial charge in [0.05, 0.1) is 16.1 Å². The van der Waals surface area contributed by atoms with E-state index in [2.05, 4.69) is 4.98 Å². The van der Waals surface area contributed by atoms with Crippen molar-refractivity contribution in [2.45, 2.75) is 57.1 Å². The average Bonchev–Trinajstić information content (AvgIpc) is 3.51. The first kappa shape index (κ1) is 20.1. The van der Waals surface area contributed by atoms with E-state index >= 15 is 0 Å². The fourth-order valence-electron chi connectivity index (χ4n) is 4.37. The molecule has 2 aromatic heterocycles. The summed E-state index contributed by atoms with van der Waals surface area (Å²) in [5.41, 5.74) is 1.50. The minimum atomic E-state index is -4.04. The Kier molecular flexibility index (Phi) is 4.77. The topological polar surface area (TPSA) is 70.4 Å². The molecule has 9 heteroatoms. The largest absolute Gasteiger partial charge is 0.495 e. The van der Waals surface area contributed by atoms with Gasteiger partial charge in [0, 0.05) is 37.0 Å². The molecule has 196 valence electrons. The SMILES string of the molecule is Cc1ccc(S(=O)(=O)n2c(Cc3ccccc3F)cc3c(B4OC(C)(C)C(C)(C)O4)ccnc32)cc1.[2HH].[2H][2H].[2H][2H].[2H][2H].[2H][2H]. The standard InChI is InChI=1S/C27H28BFN2O4S.5H2/c1-18-10-12-21(13-11-18)36(32,33)31-20(16-19-8-6-7-9-24(19)29)17-22-23(14-15-30-25(22)31)28-34-26(2,3)27(4,5)35-28;;;;;/h6-15,17H,16H2,1-5H3;5*1H/i;4*1+1D;1+1. The van der Waals surface area contributed by atoms with Crippen molar-refractivity contribution in [2.24, 2.45) is 0 Å². The Bertz CT molecular complexity index is 1580. The third-order valence-electron chi connectivity index (χ3n) is 7.16. The smallest absolute Gasteiger partial charge is 0.399 e. The number of aromatic nitrogens is 2. The molecule has 0 N–H and O–H groups in total. The molecule has 1 saturated heterocycles. The van der Waals surface area contributed by atoms with E-state index in [9.17, 15) is 12.8 Å². The molecule has 0 saturated carbocycles. The highest BCUT2D eigenvalue weighted by Crippen LogP contribution is 2.37. The van der Waals surface area contributed by atoms with Gasteiger partial charge in [0.1, 0.15) is 5.82 Å². The zero-order valence-corrected chi connectivity index (χ0v) is 21.8. The summed E-state index contributed by atoms with van der Waals surface area (Å²) in [4.78, 5) is 4.59. The van der Waals surface area contributed by atoms with Crippen LogP contribution in [0.25, 0.3) is 11.0 Å². The summed E-state index contributed by atoms with van der Waals surface area (Å²) >= 11 is 0. The molecule has 36 heavy (non-hydrogen) atoms. The van der Waals surface area contributed by atoms with Crippen molar-refractivity contribution < 1.29 is 35.4 Å². The number of hydrogen-bond acceptors (Lipinski definition) is 5. The second kappa shape index (κ2) is 8.54. The fraction of sp³-hybridized carbons (Fsp3) is 0.296. The summed E-state index contributed by atoms with van der Waals surface area (Å²) in [6, 6.07) is 16.5. The maximum Gasteiger partial charge on any atom is 0.495 e. The molecule has 1 aliphatic heterocycles. The van der Waals surface area contributed by atoms with Crippen molar-refractivity contribution in [3.8, 4) is 0 Å². The maximum absolute atomic E-state index is 14.6. The lowest BCUT2D eigenvalue weighted by Crippen LogP contribution is -2.41. The van der Waals surface area contributed by atoms with Crippen molar-refractivity contribution in [3.05, 3.63) is 89.5 Å².